The molecule has 0 bridgehead atoms. The van der Waals surface area contributed by atoms with Crippen LogP contribution in [0.4, 0.5) is 4.79 Å². The van der Waals surface area contributed by atoms with E-state index in [2.05, 4.69) is 10.6 Å². The van der Waals surface area contributed by atoms with Gasteiger partial charge in [0.25, 0.3) is 0 Å². The van der Waals surface area contributed by atoms with Crippen LogP contribution >= 0.6 is 11.6 Å². The van der Waals surface area contributed by atoms with Crippen LogP contribution in [0.25, 0.3) is 0 Å². The van der Waals surface area contributed by atoms with E-state index in [-0.39, 0.29) is 22.6 Å². The van der Waals surface area contributed by atoms with Crippen LogP contribution in [0.5, 0.6) is 11.5 Å². The Morgan fingerprint density at radius 3 is 2.48 bits per heavy atom. The topological polar surface area (TPSA) is 96.9 Å². The molecule has 3 rings (SSSR count). The molecule has 29 heavy (non-hydrogen) atoms. The summed E-state index contributed by atoms with van der Waals surface area (Å²) in [5.41, 5.74) is 1.26. The Balaban J connectivity index is 1.89. The normalized spacial score (nSPS) is 20.9. The standard InChI is InChI=1S/C21H27ClN2O5/c1-12-17(20(26)29-14-8-6-4-3-5-7-9-14)18(24-21(27)23-12)13-10-15(22)19(25)16(11-13)28-2/h10-11,14,18,25H,3-9H2,1-2H3,(H2,23,24,27)/t18-/m1/s1. The number of nitrogens with one attached hydrogen (secondary N) is 2. The van der Waals surface area contributed by atoms with Gasteiger partial charge in [-0.1, -0.05) is 30.9 Å². The quantitative estimate of drug-likeness (QED) is 0.627. The number of hydrogen-bond acceptors (Lipinski definition) is 5. The number of urea groups is 1. The molecule has 1 aromatic rings. The second-order valence-corrected chi connectivity index (χ2v) is 7.90. The minimum atomic E-state index is -0.767. The van der Waals surface area contributed by atoms with E-state index >= 15 is 0 Å². The van der Waals surface area contributed by atoms with Gasteiger partial charge in [0.05, 0.1) is 23.7 Å². The molecule has 0 saturated heterocycles. The van der Waals surface area contributed by atoms with Crippen LogP contribution < -0.4 is 15.4 Å². The Morgan fingerprint density at radius 1 is 1.17 bits per heavy atom. The first-order valence-corrected chi connectivity index (χ1v) is 10.3. The van der Waals surface area contributed by atoms with Crippen LogP contribution in [-0.4, -0.2) is 30.3 Å². The van der Waals surface area contributed by atoms with Crippen molar-refractivity contribution in [1.29, 1.82) is 0 Å². The lowest BCUT2D eigenvalue weighted by atomic mass is 9.94. The predicted molar refractivity (Wildman–Crippen MR) is 109 cm³/mol. The van der Waals surface area contributed by atoms with Gasteiger partial charge in [0.1, 0.15) is 6.10 Å². The second kappa shape index (κ2) is 9.39. The van der Waals surface area contributed by atoms with Gasteiger partial charge in [-0.25, -0.2) is 9.59 Å². The molecule has 8 heteroatoms. The highest BCUT2D eigenvalue weighted by molar-refractivity contribution is 6.32. The molecule has 1 heterocycles. The SMILES string of the molecule is COc1cc([C@H]2NC(=O)NC(C)=C2C(=O)OC2CCCCCCC2)cc(Cl)c1O. The number of allylic oxidation sites excluding steroid dienone is 1. The zero-order chi connectivity index (χ0) is 21.0. The summed E-state index contributed by atoms with van der Waals surface area (Å²) < 4.78 is 11.0. The summed E-state index contributed by atoms with van der Waals surface area (Å²) in [6.07, 6.45) is 7.19. The first-order chi connectivity index (χ1) is 13.9. The number of methoxy groups -OCH3 is 1. The van der Waals surface area contributed by atoms with Crippen LogP contribution in [-0.2, 0) is 9.53 Å². The third-order valence-corrected chi connectivity index (χ3v) is 5.71. The third-order valence-electron chi connectivity index (χ3n) is 5.42. The first kappa shape index (κ1) is 21.3. The van der Waals surface area contributed by atoms with Gasteiger partial charge in [-0.15, -0.1) is 0 Å². The fourth-order valence-electron chi connectivity index (χ4n) is 3.88. The predicted octanol–water partition coefficient (Wildman–Crippen LogP) is 4.34. The monoisotopic (exact) mass is 422 g/mol. The van der Waals surface area contributed by atoms with Crippen molar-refractivity contribution in [2.75, 3.05) is 7.11 Å². The molecule has 0 radical (unpaired) electrons. The number of esters is 1. The van der Waals surface area contributed by atoms with E-state index in [4.69, 9.17) is 21.1 Å². The fourth-order valence-corrected chi connectivity index (χ4v) is 4.10. The second-order valence-electron chi connectivity index (χ2n) is 7.50. The molecule has 2 aliphatic rings. The van der Waals surface area contributed by atoms with Crippen molar-refractivity contribution >= 4 is 23.6 Å². The van der Waals surface area contributed by atoms with Crippen molar-refractivity contribution < 1.29 is 24.2 Å². The maximum Gasteiger partial charge on any atom is 0.338 e. The summed E-state index contributed by atoms with van der Waals surface area (Å²) in [5, 5.41) is 15.5. The van der Waals surface area contributed by atoms with Crippen molar-refractivity contribution in [1.82, 2.24) is 10.6 Å². The molecule has 0 spiro atoms. The molecule has 2 amide bonds. The number of halogens is 1. The lowest BCUT2D eigenvalue weighted by Gasteiger charge is -2.30. The third kappa shape index (κ3) is 4.96. The number of carbonyl (C=O) groups is 2. The largest absolute Gasteiger partial charge is 0.503 e. The molecular formula is C21H27ClN2O5. The van der Waals surface area contributed by atoms with E-state index in [9.17, 15) is 14.7 Å². The van der Waals surface area contributed by atoms with Crippen molar-refractivity contribution in [3.05, 3.63) is 34.0 Å². The summed E-state index contributed by atoms with van der Waals surface area (Å²) in [5.74, 6) is -0.503. The molecule has 158 valence electrons. The number of phenols is 1. The van der Waals surface area contributed by atoms with E-state index in [0.29, 0.717) is 16.8 Å². The summed E-state index contributed by atoms with van der Waals surface area (Å²) in [6, 6.07) is 1.86. The molecule has 0 aromatic heterocycles. The van der Waals surface area contributed by atoms with Crippen molar-refractivity contribution in [3.63, 3.8) is 0 Å². The zero-order valence-electron chi connectivity index (χ0n) is 16.7. The first-order valence-electron chi connectivity index (χ1n) is 9.96. The van der Waals surface area contributed by atoms with E-state index < -0.39 is 18.0 Å². The average Bonchev–Trinajstić information content (AvgIpc) is 2.65. The fraction of sp³-hybridized carbons (Fsp3) is 0.524. The van der Waals surface area contributed by atoms with Crippen molar-refractivity contribution in [3.8, 4) is 11.5 Å². The number of aromatic hydroxyl groups is 1. The maximum atomic E-state index is 13.1. The summed E-state index contributed by atoms with van der Waals surface area (Å²) in [4.78, 5) is 25.2. The smallest absolute Gasteiger partial charge is 0.338 e. The highest BCUT2D eigenvalue weighted by Crippen LogP contribution is 2.39. The van der Waals surface area contributed by atoms with Gasteiger partial charge in [0.2, 0.25) is 0 Å². The minimum Gasteiger partial charge on any atom is -0.503 e. The minimum absolute atomic E-state index is 0.0671. The molecule has 1 saturated carbocycles. The maximum absolute atomic E-state index is 13.1. The van der Waals surface area contributed by atoms with Crippen LogP contribution in [0.3, 0.4) is 0 Å². The van der Waals surface area contributed by atoms with Gasteiger partial charge in [0, 0.05) is 5.70 Å². The Morgan fingerprint density at radius 2 is 1.83 bits per heavy atom. The summed E-state index contributed by atoms with van der Waals surface area (Å²) >= 11 is 6.12. The van der Waals surface area contributed by atoms with Crippen LogP contribution in [0.2, 0.25) is 5.02 Å². The number of amides is 2. The number of phenolic OH excluding ortho intramolecular Hbond substituents is 1. The van der Waals surface area contributed by atoms with Gasteiger partial charge < -0.3 is 25.2 Å². The van der Waals surface area contributed by atoms with E-state index in [1.54, 1.807) is 13.0 Å². The molecule has 1 aromatic carbocycles. The highest BCUT2D eigenvalue weighted by atomic mass is 35.5. The number of benzene rings is 1. The summed E-state index contributed by atoms with van der Waals surface area (Å²) in [7, 11) is 1.40. The molecule has 1 aliphatic carbocycles. The van der Waals surface area contributed by atoms with Crippen molar-refractivity contribution in [2.24, 2.45) is 0 Å². The molecule has 1 aliphatic heterocycles. The van der Waals surface area contributed by atoms with Gasteiger partial charge in [-0.05, 0) is 50.3 Å². The Hall–Kier alpha value is -2.41. The Bertz CT molecular complexity index is 816. The number of hydrogen-bond donors (Lipinski definition) is 3. The van der Waals surface area contributed by atoms with Gasteiger partial charge in [-0.2, -0.15) is 0 Å². The van der Waals surface area contributed by atoms with Gasteiger partial charge in [0.15, 0.2) is 11.5 Å². The lowest BCUT2D eigenvalue weighted by Crippen LogP contribution is -2.45. The molecule has 0 unspecified atom stereocenters. The summed E-state index contributed by atoms with van der Waals surface area (Å²) in [6.45, 7) is 1.67. The van der Waals surface area contributed by atoms with Gasteiger partial charge in [-0.3, -0.25) is 0 Å². The Labute approximate surface area is 175 Å². The molecule has 1 fully saturated rings. The molecular weight excluding hydrogens is 396 g/mol. The van der Waals surface area contributed by atoms with Crippen LogP contribution in [0.1, 0.15) is 63.5 Å². The van der Waals surface area contributed by atoms with E-state index in [1.807, 2.05) is 0 Å². The lowest BCUT2D eigenvalue weighted by molar-refractivity contribution is -0.145. The molecule has 3 N–H and O–H groups in total. The highest BCUT2D eigenvalue weighted by Gasteiger charge is 2.34. The van der Waals surface area contributed by atoms with E-state index in [0.717, 1.165) is 38.5 Å². The average molecular weight is 423 g/mol. The zero-order valence-corrected chi connectivity index (χ0v) is 17.5. The number of ether oxygens (including phenoxy) is 2. The molecule has 1 atom stereocenters. The number of rotatable bonds is 4. The van der Waals surface area contributed by atoms with E-state index in [1.165, 1.54) is 19.6 Å². The van der Waals surface area contributed by atoms with Crippen LogP contribution in [0.15, 0.2) is 23.4 Å². The van der Waals surface area contributed by atoms with Crippen molar-refractivity contribution in [2.45, 2.75) is 64.0 Å². The number of carbonyl (C=O) groups excluding carboxylic acids is 2. The molecule has 7 nitrogen and oxygen atoms in total. The van der Waals surface area contributed by atoms with Crippen LogP contribution in [0, 0.1) is 0 Å². The Kier molecular flexibility index (Phi) is 6.90. The van der Waals surface area contributed by atoms with Gasteiger partial charge >= 0.3 is 12.0 Å².